The third-order valence-electron chi connectivity index (χ3n) is 2.75. The van der Waals surface area contributed by atoms with Gasteiger partial charge in [0, 0.05) is 5.56 Å². The minimum atomic E-state index is -4.59. The third kappa shape index (κ3) is 3.30. The number of pyridine rings is 1. The van der Waals surface area contributed by atoms with Gasteiger partial charge in [0.1, 0.15) is 11.4 Å². The van der Waals surface area contributed by atoms with Crippen LogP contribution in [0.2, 0.25) is 0 Å². The summed E-state index contributed by atoms with van der Waals surface area (Å²) < 4.78 is 69.0. The number of ether oxygens (including phenoxy) is 1. The maximum atomic E-state index is 13.9. The molecule has 10 heteroatoms. The molecule has 0 bridgehead atoms. The summed E-state index contributed by atoms with van der Waals surface area (Å²) in [4.78, 5) is 13.8. The normalized spacial score (nSPS) is 11.3. The molecular formula is C13H7F5N2O3. The van der Waals surface area contributed by atoms with E-state index in [0.29, 0.717) is 12.1 Å². The Morgan fingerprint density at radius 2 is 1.70 bits per heavy atom. The average Bonchev–Trinajstić information content (AvgIpc) is 2.47. The maximum absolute atomic E-state index is 13.9. The van der Waals surface area contributed by atoms with E-state index >= 15 is 0 Å². The first-order valence-corrected chi connectivity index (χ1v) is 5.84. The smallest absolute Gasteiger partial charge is 0.449 e. The minimum Gasteiger partial charge on any atom is -0.449 e. The van der Waals surface area contributed by atoms with Crippen molar-refractivity contribution in [2.24, 2.45) is 0 Å². The Hall–Kier alpha value is -2.91. The second kappa shape index (κ2) is 5.71. The average molecular weight is 334 g/mol. The molecule has 5 nitrogen and oxygen atoms in total. The van der Waals surface area contributed by atoms with E-state index in [1.165, 1.54) is 0 Å². The summed E-state index contributed by atoms with van der Waals surface area (Å²) in [6.45, 7) is 0. The molecular weight excluding hydrogens is 327 g/mol. The van der Waals surface area contributed by atoms with Crippen LogP contribution in [-0.4, -0.2) is 16.2 Å². The lowest BCUT2D eigenvalue weighted by molar-refractivity contribution is -0.137. The number of anilines is 1. The summed E-state index contributed by atoms with van der Waals surface area (Å²) >= 11 is 0. The Labute approximate surface area is 125 Å². The van der Waals surface area contributed by atoms with Crippen LogP contribution in [0.1, 0.15) is 5.56 Å². The van der Waals surface area contributed by atoms with Crippen LogP contribution in [0.25, 0.3) is 11.3 Å². The van der Waals surface area contributed by atoms with Crippen molar-refractivity contribution < 1.29 is 36.6 Å². The molecule has 0 aliphatic heterocycles. The van der Waals surface area contributed by atoms with E-state index in [-0.39, 0.29) is 5.56 Å². The van der Waals surface area contributed by atoms with Crippen LogP contribution >= 0.6 is 0 Å². The maximum Gasteiger partial charge on any atom is 0.512 e. The first kappa shape index (κ1) is 16.5. The number of nitrogens with two attached hydrogens (primary N) is 1. The second-order valence-corrected chi connectivity index (χ2v) is 4.25. The number of hydrogen-bond acceptors (Lipinski definition) is 4. The van der Waals surface area contributed by atoms with Crippen molar-refractivity contribution in [3.63, 3.8) is 0 Å². The van der Waals surface area contributed by atoms with E-state index < -0.39 is 46.8 Å². The summed E-state index contributed by atoms with van der Waals surface area (Å²) in [5.74, 6) is -3.98. The lowest BCUT2D eigenvalue weighted by Crippen LogP contribution is -2.10. The van der Waals surface area contributed by atoms with Crippen LogP contribution in [0.4, 0.5) is 32.4 Å². The van der Waals surface area contributed by atoms with Crippen molar-refractivity contribution in [3.8, 4) is 17.1 Å². The van der Waals surface area contributed by atoms with Gasteiger partial charge in [0.05, 0.1) is 5.56 Å². The van der Waals surface area contributed by atoms with Crippen molar-refractivity contribution in [2.45, 2.75) is 6.18 Å². The molecule has 0 fully saturated rings. The number of nitrogen functional groups attached to an aromatic ring is 1. The predicted octanol–water partition coefficient (Wildman–Crippen LogP) is 3.68. The van der Waals surface area contributed by atoms with Gasteiger partial charge in [0.2, 0.25) is 5.82 Å². The monoisotopic (exact) mass is 334 g/mol. The van der Waals surface area contributed by atoms with Gasteiger partial charge in [0.15, 0.2) is 5.82 Å². The highest BCUT2D eigenvalue weighted by atomic mass is 19.4. The fourth-order valence-corrected chi connectivity index (χ4v) is 1.70. The number of benzene rings is 1. The van der Waals surface area contributed by atoms with E-state index in [0.717, 1.165) is 12.1 Å². The summed E-state index contributed by atoms with van der Waals surface area (Å²) in [5.41, 5.74) is 2.29. The molecule has 0 unspecified atom stereocenters. The largest absolute Gasteiger partial charge is 0.512 e. The van der Waals surface area contributed by atoms with E-state index in [1.807, 2.05) is 0 Å². The summed E-state index contributed by atoms with van der Waals surface area (Å²) in [6, 6.07) is 3.09. The zero-order valence-electron chi connectivity index (χ0n) is 11.0. The van der Waals surface area contributed by atoms with Crippen LogP contribution < -0.4 is 10.5 Å². The van der Waals surface area contributed by atoms with Gasteiger partial charge in [-0.2, -0.15) is 17.6 Å². The molecule has 2 aromatic rings. The van der Waals surface area contributed by atoms with Gasteiger partial charge in [-0.1, -0.05) is 12.1 Å². The van der Waals surface area contributed by atoms with Gasteiger partial charge in [-0.05, 0) is 12.1 Å². The molecule has 0 saturated carbocycles. The molecule has 1 aromatic heterocycles. The second-order valence-electron chi connectivity index (χ2n) is 4.25. The first-order chi connectivity index (χ1) is 10.6. The quantitative estimate of drug-likeness (QED) is 0.646. The van der Waals surface area contributed by atoms with Crippen molar-refractivity contribution in [2.75, 3.05) is 5.73 Å². The minimum absolute atomic E-state index is 0.169. The molecule has 23 heavy (non-hydrogen) atoms. The molecule has 2 rings (SSSR count). The molecule has 0 radical (unpaired) electrons. The van der Waals surface area contributed by atoms with Gasteiger partial charge < -0.3 is 15.6 Å². The van der Waals surface area contributed by atoms with E-state index in [4.69, 9.17) is 10.8 Å². The van der Waals surface area contributed by atoms with Gasteiger partial charge in [-0.3, -0.25) is 0 Å². The Kier molecular flexibility index (Phi) is 4.08. The molecule has 0 saturated heterocycles. The first-order valence-electron chi connectivity index (χ1n) is 5.84. The highest BCUT2D eigenvalue weighted by molar-refractivity contribution is 5.68. The molecule has 122 valence electrons. The molecule has 0 aliphatic rings. The van der Waals surface area contributed by atoms with Gasteiger partial charge in [0.25, 0.3) is 5.88 Å². The van der Waals surface area contributed by atoms with Crippen LogP contribution in [-0.2, 0) is 6.18 Å². The SMILES string of the molecule is Nc1c(F)c(OC(=O)O)nc(-c2ccc(C(F)(F)F)cc2)c1F. The number of carbonyl (C=O) groups is 1. The zero-order chi connectivity index (χ0) is 17.4. The van der Waals surface area contributed by atoms with Crippen molar-refractivity contribution >= 4 is 11.8 Å². The van der Waals surface area contributed by atoms with E-state index in [2.05, 4.69) is 9.72 Å². The summed E-state index contributed by atoms with van der Waals surface area (Å²) in [7, 11) is 0. The fraction of sp³-hybridized carbons (Fsp3) is 0.0769. The molecule has 3 N–H and O–H groups in total. The molecule has 1 aromatic carbocycles. The highest BCUT2D eigenvalue weighted by Crippen LogP contribution is 2.34. The molecule has 1 heterocycles. The fourth-order valence-electron chi connectivity index (χ4n) is 1.70. The number of halogens is 5. The van der Waals surface area contributed by atoms with Crippen LogP contribution in [0.15, 0.2) is 24.3 Å². The Balaban J connectivity index is 2.54. The number of hydrogen-bond donors (Lipinski definition) is 2. The van der Waals surface area contributed by atoms with E-state index in [9.17, 15) is 26.7 Å². The number of carboxylic acid groups (broad SMARTS) is 1. The zero-order valence-corrected chi connectivity index (χ0v) is 11.0. The molecule has 0 atom stereocenters. The number of nitrogens with zero attached hydrogens (tertiary/aromatic N) is 1. The molecule has 0 spiro atoms. The van der Waals surface area contributed by atoms with Crippen LogP contribution in [0.3, 0.4) is 0 Å². The van der Waals surface area contributed by atoms with Crippen molar-refractivity contribution in [3.05, 3.63) is 41.5 Å². The predicted molar refractivity (Wildman–Crippen MR) is 67.7 cm³/mol. The van der Waals surface area contributed by atoms with Gasteiger partial charge in [-0.15, -0.1) is 0 Å². The standard InChI is InChI=1S/C13H7F5N2O3/c14-7-9(19)8(15)11(23-12(21)22)20-10(7)5-1-3-6(4-2-5)13(16,17)18/h1-4H,(H2,19,20)(H,21,22). The van der Waals surface area contributed by atoms with E-state index in [1.54, 1.807) is 0 Å². The third-order valence-corrected chi connectivity index (χ3v) is 2.75. The van der Waals surface area contributed by atoms with Crippen LogP contribution in [0.5, 0.6) is 5.88 Å². The molecule has 0 aliphatic carbocycles. The van der Waals surface area contributed by atoms with Gasteiger partial charge in [-0.25, -0.2) is 14.2 Å². The number of alkyl halides is 3. The van der Waals surface area contributed by atoms with Crippen LogP contribution in [0, 0.1) is 11.6 Å². The molecule has 0 amide bonds. The van der Waals surface area contributed by atoms with Crippen molar-refractivity contribution in [1.82, 2.24) is 4.98 Å². The number of rotatable bonds is 2. The lowest BCUT2D eigenvalue weighted by atomic mass is 10.1. The Bertz CT molecular complexity index is 760. The topological polar surface area (TPSA) is 85.4 Å². The Morgan fingerprint density at radius 1 is 1.13 bits per heavy atom. The van der Waals surface area contributed by atoms with Crippen molar-refractivity contribution in [1.29, 1.82) is 0 Å². The van der Waals surface area contributed by atoms with Gasteiger partial charge >= 0.3 is 12.3 Å². The Morgan fingerprint density at radius 3 is 2.17 bits per heavy atom. The summed E-state index contributed by atoms with van der Waals surface area (Å²) in [6.07, 6.45) is -6.51. The highest BCUT2D eigenvalue weighted by Gasteiger charge is 2.30. The lowest BCUT2D eigenvalue weighted by Gasteiger charge is -2.11. The summed E-state index contributed by atoms with van der Waals surface area (Å²) in [5, 5.41) is 8.45. The number of aromatic nitrogens is 1.